The quantitative estimate of drug-likeness (QED) is 0.0570. The summed E-state index contributed by atoms with van der Waals surface area (Å²) in [6.07, 6.45) is 2.66. The molecular weight excluding hydrogens is 632 g/mol. The number of H-pyrrole nitrogens is 1. The maximum atomic E-state index is 13.9. The second-order valence-electron chi connectivity index (χ2n) is 11.9. The van der Waals surface area contributed by atoms with Gasteiger partial charge in [0, 0.05) is 44.7 Å². The number of carbonyl (C=O) groups excluding carboxylic acids is 7. The number of nitrogens with one attached hydrogen (secondary N) is 5. The molecule has 0 aliphatic carbocycles. The lowest BCUT2D eigenvalue weighted by atomic mass is 10.0. The summed E-state index contributed by atoms with van der Waals surface area (Å²) in [5.41, 5.74) is 6.08. The number of hydrogen-bond donors (Lipinski definition) is 7. The number of imidazole rings is 1. The van der Waals surface area contributed by atoms with E-state index in [4.69, 9.17) is 5.73 Å². The van der Waals surface area contributed by atoms with Crippen LogP contribution in [0.4, 0.5) is 0 Å². The number of nitrogens with zero attached hydrogens (tertiary/aromatic N) is 4. The number of hydrogen-bond acceptors (Lipinski definition) is 10. The van der Waals surface area contributed by atoms with Crippen LogP contribution in [0, 0.1) is 0 Å². The molecule has 7 amide bonds. The number of amides is 7. The molecule has 4 heterocycles. The van der Waals surface area contributed by atoms with E-state index in [0.29, 0.717) is 12.1 Å². The number of imide groups is 1. The van der Waals surface area contributed by atoms with Crippen LogP contribution in [0.2, 0.25) is 0 Å². The molecule has 1 aromatic rings. The zero-order chi connectivity index (χ0) is 35.0. The molecule has 0 aromatic carbocycles. The number of carboxylic acid groups (broad SMARTS) is 1. The Kier molecular flexibility index (Phi) is 11.8. The number of guanidine groups is 1. The van der Waals surface area contributed by atoms with Crippen LogP contribution in [0.1, 0.15) is 64.0 Å². The van der Waals surface area contributed by atoms with Gasteiger partial charge >= 0.3 is 5.97 Å². The summed E-state index contributed by atoms with van der Waals surface area (Å²) in [7, 11) is 0. The Morgan fingerprint density at radius 1 is 1.02 bits per heavy atom. The third-order valence-electron chi connectivity index (χ3n) is 8.29. The standard InChI is InChI=1S/C29H40N10O9/c1-15(40)34-29(30)32-9-3-6-18-27(47)38-10-4-7-20(38)25(45)37-19-12-22(41)39(28(19)48)21(11-16-13-31-14-33-16)26(46)35-17(24(44)36-18)5-2-8-23(42)43/h13-14,17-21H,2-12H2,1H3,(H,31,33)(H,35,46)(H,36,44)(H,37,45)(H,42,43)(H3,30,32,34,40)/t17-,18-,19-,20+,21-/m0/s1. The molecule has 48 heavy (non-hydrogen) atoms. The van der Waals surface area contributed by atoms with Crippen LogP contribution in [-0.2, 0) is 44.8 Å². The molecule has 2 bridgehead atoms. The number of fused-ring (bicyclic) bond motifs is 3. The van der Waals surface area contributed by atoms with Crippen molar-refractivity contribution in [2.45, 2.75) is 94.9 Å². The van der Waals surface area contributed by atoms with Crippen molar-refractivity contribution in [2.75, 3.05) is 13.1 Å². The number of carboxylic acids is 1. The number of aliphatic imine (C=N–C) groups is 1. The van der Waals surface area contributed by atoms with E-state index in [1.54, 1.807) is 0 Å². The largest absolute Gasteiger partial charge is 0.481 e. The molecule has 0 spiro atoms. The maximum Gasteiger partial charge on any atom is 0.303 e. The van der Waals surface area contributed by atoms with Crippen LogP contribution in [-0.4, -0.2) is 121 Å². The predicted octanol–water partition coefficient (Wildman–Crippen LogP) is -2.98. The SMILES string of the molecule is CC(=O)NC(N)=NCCC[C@@H]1NC(=O)[C@H](CCCC(=O)O)NC(=O)[C@H](Cc2cnc[nH]2)N2C(=O)C[C@H](NC(=O)[C@H]3CCCN3C1=O)C2=O. The first-order valence-corrected chi connectivity index (χ1v) is 15.7. The van der Waals surface area contributed by atoms with E-state index < -0.39 is 83.9 Å². The Morgan fingerprint density at radius 2 is 1.75 bits per heavy atom. The molecule has 260 valence electrons. The van der Waals surface area contributed by atoms with E-state index in [-0.39, 0.29) is 64.0 Å². The molecule has 8 N–H and O–H groups in total. The molecule has 5 atom stereocenters. The normalized spacial score (nSPS) is 25.5. The van der Waals surface area contributed by atoms with Crippen molar-refractivity contribution in [3.63, 3.8) is 0 Å². The van der Waals surface area contributed by atoms with Crippen molar-refractivity contribution in [2.24, 2.45) is 10.7 Å². The molecule has 19 nitrogen and oxygen atoms in total. The minimum atomic E-state index is -1.44. The topological polar surface area (TPSA) is 278 Å². The molecule has 3 saturated heterocycles. The Labute approximate surface area is 274 Å². The van der Waals surface area contributed by atoms with E-state index in [1.165, 1.54) is 24.3 Å². The predicted molar refractivity (Wildman–Crippen MR) is 164 cm³/mol. The number of aromatic nitrogens is 2. The monoisotopic (exact) mass is 672 g/mol. The highest BCUT2D eigenvalue weighted by atomic mass is 16.4. The first-order chi connectivity index (χ1) is 22.8. The van der Waals surface area contributed by atoms with Crippen molar-refractivity contribution in [3.8, 4) is 0 Å². The summed E-state index contributed by atoms with van der Waals surface area (Å²) >= 11 is 0. The lowest BCUT2D eigenvalue weighted by Crippen LogP contribution is -2.58. The number of aromatic amines is 1. The van der Waals surface area contributed by atoms with Gasteiger partial charge in [-0.1, -0.05) is 0 Å². The summed E-state index contributed by atoms with van der Waals surface area (Å²) in [4.78, 5) is 117. The van der Waals surface area contributed by atoms with Gasteiger partial charge in [0.1, 0.15) is 30.2 Å². The molecule has 3 fully saturated rings. The van der Waals surface area contributed by atoms with Gasteiger partial charge in [-0.15, -0.1) is 0 Å². The molecule has 0 unspecified atom stereocenters. The number of nitrogens with two attached hydrogens (primary N) is 1. The molecule has 4 rings (SSSR count). The van der Waals surface area contributed by atoms with Crippen molar-refractivity contribution >= 4 is 53.3 Å². The second kappa shape index (κ2) is 16.0. The number of rotatable bonds is 10. The van der Waals surface area contributed by atoms with Crippen LogP contribution < -0.4 is 27.0 Å². The van der Waals surface area contributed by atoms with Crippen LogP contribution in [0.5, 0.6) is 0 Å². The Bertz CT molecular complexity index is 1460. The average molecular weight is 673 g/mol. The van der Waals surface area contributed by atoms with Gasteiger partial charge in [-0.25, -0.2) is 4.98 Å². The zero-order valence-electron chi connectivity index (χ0n) is 26.4. The van der Waals surface area contributed by atoms with Gasteiger partial charge < -0.3 is 36.7 Å². The number of carbonyl (C=O) groups is 8. The van der Waals surface area contributed by atoms with Gasteiger partial charge in [0.2, 0.25) is 35.4 Å². The van der Waals surface area contributed by atoms with Gasteiger partial charge in [0.25, 0.3) is 5.91 Å². The number of aliphatic carboxylic acids is 1. The van der Waals surface area contributed by atoms with Gasteiger partial charge in [-0.2, -0.15) is 0 Å². The summed E-state index contributed by atoms with van der Waals surface area (Å²) < 4.78 is 0. The summed E-state index contributed by atoms with van der Waals surface area (Å²) in [6.45, 7) is 1.53. The van der Waals surface area contributed by atoms with Crippen molar-refractivity contribution in [3.05, 3.63) is 18.2 Å². The van der Waals surface area contributed by atoms with E-state index in [0.717, 1.165) is 4.90 Å². The molecule has 0 radical (unpaired) electrons. The van der Waals surface area contributed by atoms with E-state index in [1.807, 2.05) is 0 Å². The van der Waals surface area contributed by atoms with Gasteiger partial charge in [0.05, 0.1) is 12.7 Å². The highest BCUT2D eigenvalue weighted by Gasteiger charge is 2.48. The first-order valence-electron chi connectivity index (χ1n) is 15.7. The highest BCUT2D eigenvalue weighted by Crippen LogP contribution is 2.24. The molecule has 3 aliphatic heterocycles. The summed E-state index contributed by atoms with van der Waals surface area (Å²) in [5, 5.41) is 19.4. The zero-order valence-corrected chi connectivity index (χ0v) is 26.4. The Hall–Kier alpha value is -5.36. The Morgan fingerprint density at radius 3 is 2.44 bits per heavy atom. The Balaban J connectivity index is 1.68. The first kappa shape index (κ1) is 35.5. The van der Waals surface area contributed by atoms with Gasteiger partial charge in [-0.3, -0.25) is 53.6 Å². The summed E-state index contributed by atoms with van der Waals surface area (Å²) in [6, 6.07) is -6.25. The fraction of sp³-hybridized carbons (Fsp3) is 0.586. The maximum absolute atomic E-state index is 13.9. The third kappa shape index (κ3) is 8.91. The fourth-order valence-corrected chi connectivity index (χ4v) is 6.01. The molecule has 0 saturated carbocycles. The van der Waals surface area contributed by atoms with Crippen molar-refractivity contribution in [1.82, 2.24) is 41.0 Å². The van der Waals surface area contributed by atoms with Gasteiger partial charge in [0.15, 0.2) is 5.96 Å². The fourth-order valence-electron chi connectivity index (χ4n) is 6.01. The van der Waals surface area contributed by atoms with E-state index in [9.17, 15) is 43.5 Å². The van der Waals surface area contributed by atoms with Crippen LogP contribution in [0.15, 0.2) is 17.5 Å². The molecule has 19 heteroatoms. The molecule has 3 aliphatic rings. The minimum absolute atomic E-state index is 0.0229. The second-order valence-corrected chi connectivity index (χ2v) is 11.9. The van der Waals surface area contributed by atoms with Crippen LogP contribution >= 0.6 is 0 Å². The summed E-state index contributed by atoms with van der Waals surface area (Å²) in [5.74, 6) is -6.12. The smallest absolute Gasteiger partial charge is 0.303 e. The highest BCUT2D eigenvalue weighted by molar-refractivity contribution is 6.10. The van der Waals surface area contributed by atoms with Gasteiger partial charge in [-0.05, 0) is 38.5 Å². The minimum Gasteiger partial charge on any atom is -0.481 e. The van der Waals surface area contributed by atoms with Crippen molar-refractivity contribution in [1.29, 1.82) is 0 Å². The van der Waals surface area contributed by atoms with E-state index in [2.05, 4.69) is 36.2 Å². The van der Waals surface area contributed by atoms with Crippen LogP contribution in [0.3, 0.4) is 0 Å². The third-order valence-corrected chi connectivity index (χ3v) is 8.29. The molecular formula is C29H40N10O9. The van der Waals surface area contributed by atoms with Crippen molar-refractivity contribution < 1.29 is 43.5 Å². The van der Waals surface area contributed by atoms with E-state index >= 15 is 0 Å². The van der Waals surface area contributed by atoms with Crippen LogP contribution in [0.25, 0.3) is 0 Å². The average Bonchev–Trinajstić information content (AvgIpc) is 3.77. The molecule has 1 aromatic heterocycles. The lowest BCUT2D eigenvalue weighted by Gasteiger charge is -2.30. The lowest BCUT2D eigenvalue weighted by molar-refractivity contribution is -0.148.